The molecule has 1 aromatic heterocycles. The minimum atomic E-state index is 0.498. The second kappa shape index (κ2) is 6.27. The lowest BCUT2D eigenvalue weighted by Gasteiger charge is -2.15. The van der Waals surface area contributed by atoms with Gasteiger partial charge in [-0.15, -0.1) is 0 Å². The minimum absolute atomic E-state index is 0.498. The predicted molar refractivity (Wildman–Crippen MR) is 71.3 cm³/mol. The first-order valence-corrected chi connectivity index (χ1v) is 5.96. The molecule has 1 heterocycles. The van der Waals surface area contributed by atoms with Crippen molar-refractivity contribution in [3.05, 3.63) is 17.5 Å². The molecule has 1 rings (SSSR count). The lowest BCUT2D eigenvalue weighted by atomic mass is 10.2. The van der Waals surface area contributed by atoms with Gasteiger partial charge in [-0.25, -0.2) is 0 Å². The molecule has 1 atom stereocenters. The highest BCUT2D eigenvalue weighted by molar-refractivity contribution is 5.79. The van der Waals surface area contributed by atoms with Crippen LogP contribution < -0.4 is 10.6 Å². The van der Waals surface area contributed by atoms with Crippen molar-refractivity contribution in [3.8, 4) is 0 Å². The number of nitrogens with zero attached hydrogens (tertiary/aromatic N) is 3. The zero-order valence-corrected chi connectivity index (χ0v) is 11.4. The predicted octanol–water partition coefficient (Wildman–Crippen LogP) is 0.931. The Morgan fingerprint density at radius 1 is 1.53 bits per heavy atom. The van der Waals surface area contributed by atoms with Crippen molar-refractivity contribution in [2.45, 2.75) is 27.3 Å². The number of rotatable bonds is 4. The molecule has 0 saturated carbocycles. The summed E-state index contributed by atoms with van der Waals surface area (Å²) in [5.74, 6) is 1.32. The Balaban J connectivity index is 2.44. The maximum atomic E-state index is 4.46. The SMILES string of the molecule is CN=C(NC)NCC(C)Cn1nc(C)cc1C. The van der Waals surface area contributed by atoms with E-state index in [0.29, 0.717) is 5.92 Å². The molecule has 96 valence electrons. The summed E-state index contributed by atoms with van der Waals surface area (Å²) in [6.45, 7) is 8.12. The van der Waals surface area contributed by atoms with E-state index in [4.69, 9.17) is 0 Å². The summed E-state index contributed by atoms with van der Waals surface area (Å²) in [6.07, 6.45) is 0. The lowest BCUT2D eigenvalue weighted by Crippen LogP contribution is -2.38. The Bertz CT molecular complexity index is 380. The molecule has 5 heteroatoms. The topological polar surface area (TPSA) is 54.2 Å². The van der Waals surface area contributed by atoms with E-state index in [1.165, 1.54) is 5.69 Å². The molecule has 0 radical (unpaired) electrons. The average molecular weight is 237 g/mol. The maximum absolute atomic E-state index is 4.46. The summed E-state index contributed by atoms with van der Waals surface area (Å²) in [5.41, 5.74) is 2.29. The number of hydrogen-bond acceptors (Lipinski definition) is 2. The van der Waals surface area contributed by atoms with Gasteiger partial charge in [0.25, 0.3) is 0 Å². The van der Waals surface area contributed by atoms with Crippen molar-refractivity contribution in [2.24, 2.45) is 10.9 Å². The van der Waals surface area contributed by atoms with Crippen molar-refractivity contribution in [3.63, 3.8) is 0 Å². The first kappa shape index (κ1) is 13.5. The fourth-order valence-corrected chi connectivity index (χ4v) is 1.77. The van der Waals surface area contributed by atoms with E-state index in [9.17, 15) is 0 Å². The Labute approximate surface area is 103 Å². The van der Waals surface area contributed by atoms with E-state index < -0.39 is 0 Å². The third-order valence-corrected chi connectivity index (χ3v) is 2.67. The summed E-state index contributed by atoms with van der Waals surface area (Å²) in [4.78, 5) is 4.08. The molecule has 17 heavy (non-hydrogen) atoms. The molecule has 1 aromatic rings. The first-order valence-electron chi connectivity index (χ1n) is 5.96. The van der Waals surface area contributed by atoms with Crippen LogP contribution in [0.25, 0.3) is 0 Å². The molecule has 1 unspecified atom stereocenters. The molecule has 0 saturated heterocycles. The highest BCUT2D eigenvalue weighted by Gasteiger charge is 2.07. The highest BCUT2D eigenvalue weighted by Crippen LogP contribution is 2.05. The Hall–Kier alpha value is -1.52. The summed E-state index contributed by atoms with van der Waals surface area (Å²) < 4.78 is 2.06. The number of aromatic nitrogens is 2. The second-order valence-corrected chi connectivity index (χ2v) is 4.42. The van der Waals surface area contributed by atoms with E-state index >= 15 is 0 Å². The van der Waals surface area contributed by atoms with E-state index in [2.05, 4.69) is 45.3 Å². The smallest absolute Gasteiger partial charge is 0.190 e. The van der Waals surface area contributed by atoms with Crippen molar-refractivity contribution in [1.82, 2.24) is 20.4 Å². The van der Waals surface area contributed by atoms with Crippen LogP contribution in [0.2, 0.25) is 0 Å². The molecule has 0 spiro atoms. The number of aryl methyl sites for hydroxylation is 2. The highest BCUT2D eigenvalue weighted by atomic mass is 15.3. The van der Waals surface area contributed by atoms with E-state index in [0.717, 1.165) is 24.7 Å². The quantitative estimate of drug-likeness (QED) is 0.605. The van der Waals surface area contributed by atoms with Gasteiger partial charge in [-0.1, -0.05) is 6.92 Å². The third kappa shape index (κ3) is 4.09. The first-order chi connectivity index (χ1) is 8.06. The van der Waals surface area contributed by atoms with Gasteiger partial charge < -0.3 is 10.6 Å². The molecule has 2 N–H and O–H groups in total. The molecule has 5 nitrogen and oxygen atoms in total. The van der Waals surface area contributed by atoms with Crippen LogP contribution in [0.1, 0.15) is 18.3 Å². The maximum Gasteiger partial charge on any atom is 0.190 e. The summed E-state index contributed by atoms with van der Waals surface area (Å²) in [6, 6.07) is 2.10. The third-order valence-electron chi connectivity index (χ3n) is 2.67. The van der Waals surface area contributed by atoms with Gasteiger partial charge in [0.1, 0.15) is 0 Å². The van der Waals surface area contributed by atoms with Gasteiger partial charge in [0.2, 0.25) is 0 Å². The van der Waals surface area contributed by atoms with Crippen LogP contribution in [0.3, 0.4) is 0 Å². The van der Waals surface area contributed by atoms with Gasteiger partial charge in [-0.2, -0.15) is 5.10 Å². The van der Waals surface area contributed by atoms with E-state index in [1.54, 1.807) is 7.05 Å². The fraction of sp³-hybridized carbons (Fsp3) is 0.667. The van der Waals surface area contributed by atoms with Gasteiger partial charge in [-0.05, 0) is 25.8 Å². The molecule has 0 aromatic carbocycles. The monoisotopic (exact) mass is 237 g/mol. The van der Waals surface area contributed by atoms with Gasteiger partial charge >= 0.3 is 0 Å². The largest absolute Gasteiger partial charge is 0.359 e. The lowest BCUT2D eigenvalue weighted by molar-refractivity contribution is 0.436. The number of nitrogens with one attached hydrogen (secondary N) is 2. The summed E-state index contributed by atoms with van der Waals surface area (Å²) in [7, 11) is 3.63. The van der Waals surface area contributed by atoms with Crippen molar-refractivity contribution in [1.29, 1.82) is 0 Å². The Morgan fingerprint density at radius 3 is 2.71 bits per heavy atom. The normalized spacial score (nSPS) is 13.6. The Kier molecular flexibility index (Phi) is 5.00. The van der Waals surface area contributed by atoms with Crippen LogP contribution in [-0.4, -0.2) is 36.4 Å². The molecular weight excluding hydrogens is 214 g/mol. The van der Waals surface area contributed by atoms with Crippen LogP contribution in [0, 0.1) is 19.8 Å². The van der Waals surface area contributed by atoms with Gasteiger partial charge in [0, 0.05) is 32.9 Å². The van der Waals surface area contributed by atoms with Crippen molar-refractivity contribution < 1.29 is 0 Å². The number of hydrogen-bond donors (Lipinski definition) is 2. The van der Waals surface area contributed by atoms with Crippen LogP contribution in [0.5, 0.6) is 0 Å². The van der Waals surface area contributed by atoms with Gasteiger partial charge in [0.15, 0.2) is 5.96 Å². The molecular formula is C12H23N5. The van der Waals surface area contributed by atoms with Crippen LogP contribution in [0.4, 0.5) is 0 Å². The van der Waals surface area contributed by atoms with Crippen molar-refractivity contribution in [2.75, 3.05) is 20.6 Å². The minimum Gasteiger partial charge on any atom is -0.359 e. The molecule has 0 aliphatic carbocycles. The number of guanidine groups is 1. The second-order valence-electron chi connectivity index (χ2n) is 4.42. The van der Waals surface area contributed by atoms with E-state index in [1.807, 2.05) is 14.0 Å². The van der Waals surface area contributed by atoms with Crippen LogP contribution in [-0.2, 0) is 6.54 Å². The van der Waals surface area contributed by atoms with Crippen molar-refractivity contribution >= 4 is 5.96 Å². The average Bonchev–Trinajstić information content (AvgIpc) is 2.59. The molecule has 0 amide bonds. The fourth-order valence-electron chi connectivity index (χ4n) is 1.77. The van der Waals surface area contributed by atoms with Gasteiger partial charge in [0.05, 0.1) is 5.69 Å². The van der Waals surface area contributed by atoms with E-state index in [-0.39, 0.29) is 0 Å². The summed E-state index contributed by atoms with van der Waals surface area (Å²) in [5, 5.41) is 10.7. The van der Waals surface area contributed by atoms with Crippen LogP contribution in [0.15, 0.2) is 11.1 Å². The van der Waals surface area contributed by atoms with Gasteiger partial charge in [-0.3, -0.25) is 9.67 Å². The Morgan fingerprint density at radius 2 is 2.24 bits per heavy atom. The van der Waals surface area contributed by atoms with Crippen LogP contribution >= 0.6 is 0 Å². The zero-order valence-electron chi connectivity index (χ0n) is 11.4. The zero-order chi connectivity index (χ0) is 12.8. The molecule has 0 fully saturated rings. The summed E-state index contributed by atoms with van der Waals surface area (Å²) >= 11 is 0. The molecule has 0 aliphatic heterocycles. The standard InChI is InChI=1S/C12H23N5/c1-9(7-15-12(13-4)14-5)8-17-11(3)6-10(2)16-17/h6,9H,7-8H2,1-5H3,(H2,13,14,15). The molecule has 0 aliphatic rings. The molecule has 0 bridgehead atoms. The number of aliphatic imine (C=N–C) groups is 1.